The molecule has 2 saturated carbocycles. The van der Waals surface area contributed by atoms with E-state index in [1.807, 2.05) is 32.9 Å². The Morgan fingerprint density at radius 2 is 1.26 bits per heavy atom. The zero-order valence-electron chi connectivity index (χ0n) is 32.4. The molecule has 2 aliphatic carbocycles. The van der Waals surface area contributed by atoms with Crippen LogP contribution in [0.5, 0.6) is 0 Å². The lowest BCUT2D eigenvalue weighted by atomic mass is 9.80. The molecule has 2 aromatic rings. The molecule has 54 heavy (non-hydrogen) atoms. The van der Waals surface area contributed by atoms with E-state index < -0.39 is 17.2 Å². The number of isocyanates is 1. The first kappa shape index (κ1) is 43.0. The highest BCUT2D eigenvalue weighted by molar-refractivity contribution is 9.10. The van der Waals surface area contributed by atoms with E-state index in [9.17, 15) is 19.5 Å². The summed E-state index contributed by atoms with van der Waals surface area (Å²) in [4.78, 5) is 50.3. The van der Waals surface area contributed by atoms with Crippen molar-refractivity contribution in [1.82, 2.24) is 16.0 Å². The van der Waals surface area contributed by atoms with Crippen molar-refractivity contribution in [2.75, 3.05) is 13.1 Å². The Morgan fingerprint density at radius 3 is 1.70 bits per heavy atom. The quantitative estimate of drug-likeness (QED) is 0.161. The van der Waals surface area contributed by atoms with Crippen LogP contribution in [0.3, 0.4) is 0 Å². The van der Waals surface area contributed by atoms with Crippen molar-refractivity contribution in [2.24, 2.45) is 4.99 Å². The van der Waals surface area contributed by atoms with Crippen LogP contribution in [0.2, 0.25) is 0 Å². The van der Waals surface area contributed by atoms with Crippen molar-refractivity contribution in [3.63, 3.8) is 0 Å². The van der Waals surface area contributed by atoms with Gasteiger partial charge >= 0.3 is 6.09 Å². The maximum Gasteiger partial charge on any atom is 0.412 e. The van der Waals surface area contributed by atoms with Gasteiger partial charge in [0.2, 0.25) is 6.08 Å². The van der Waals surface area contributed by atoms with Gasteiger partial charge in [0.1, 0.15) is 11.5 Å². The van der Waals surface area contributed by atoms with E-state index in [4.69, 9.17) is 9.53 Å². The summed E-state index contributed by atoms with van der Waals surface area (Å²) in [7, 11) is 0. The first-order valence-corrected chi connectivity index (χ1v) is 20.8. The van der Waals surface area contributed by atoms with Crippen LogP contribution < -0.4 is 16.0 Å². The average molecular weight is 871 g/mol. The van der Waals surface area contributed by atoms with Gasteiger partial charge in [0.25, 0.3) is 11.8 Å². The molecule has 2 heterocycles. The molecule has 2 spiro atoms. The van der Waals surface area contributed by atoms with Crippen molar-refractivity contribution in [1.29, 1.82) is 0 Å². The van der Waals surface area contributed by atoms with Crippen molar-refractivity contribution >= 4 is 67.0 Å². The van der Waals surface area contributed by atoms with E-state index in [0.29, 0.717) is 30.0 Å². The highest BCUT2D eigenvalue weighted by atomic mass is 79.9. The number of rotatable bonds is 7. The van der Waals surface area contributed by atoms with E-state index in [-0.39, 0.29) is 17.6 Å². The van der Waals surface area contributed by atoms with Gasteiger partial charge < -0.3 is 25.8 Å². The number of aliphatic imine (C=N–C) groups is 1. The Morgan fingerprint density at radius 1 is 0.796 bits per heavy atom. The maximum absolute atomic E-state index is 13.1. The van der Waals surface area contributed by atoms with Gasteiger partial charge in [0.05, 0.1) is 22.2 Å². The van der Waals surface area contributed by atoms with E-state index in [2.05, 4.69) is 78.8 Å². The summed E-state index contributed by atoms with van der Waals surface area (Å²) in [5.74, 6) is 0.433. The normalized spacial score (nSPS) is 18.2. The van der Waals surface area contributed by atoms with Gasteiger partial charge in [-0.3, -0.25) is 9.59 Å². The fraction of sp³-hybridized carbons (Fsp3) is 0.524. The van der Waals surface area contributed by atoms with E-state index in [1.54, 1.807) is 6.92 Å². The summed E-state index contributed by atoms with van der Waals surface area (Å²) in [6.07, 6.45) is 12.2. The fourth-order valence-electron chi connectivity index (χ4n) is 8.08. The third kappa shape index (κ3) is 9.37. The Balaban J connectivity index is 0.000000217. The number of carbonyl (C=O) groups excluding carboxylic acids is 4. The number of amides is 3. The van der Waals surface area contributed by atoms with Crippen LogP contribution in [0.25, 0.3) is 11.1 Å². The van der Waals surface area contributed by atoms with Crippen LogP contribution >= 0.6 is 31.9 Å². The molecule has 0 aromatic heterocycles. The SMILES string of the molecule is CCN=C=O.CCNC(=O)OC1=C(c2c(Br)cc(C)cc2CC)C(=O)NC12CCCCC2.CCc1cc(C)cc(Br)c1C1=C(O)C2(CCCCC2)NC1=O. The molecule has 4 N–H and O–H groups in total. The van der Waals surface area contributed by atoms with Gasteiger partial charge in [0, 0.05) is 33.2 Å². The number of alkyl carbamates (subject to hydrolysis) is 1. The number of nitrogens with one attached hydrogen (secondary N) is 3. The Hall–Kier alpha value is -3.73. The summed E-state index contributed by atoms with van der Waals surface area (Å²) in [6, 6.07) is 8.20. The molecule has 2 aliphatic heterocycles. The number of hydrogen-bond donors (Lipinski definition) is 4. The molecule has 0 unspecified atom stereocenters. The second kappa shape index (κ2) is 19.2. The molecule has 2 aromatic carbocycles. The monoisotopic (exact) mass is 868 g/mol. The summed E-state index contributed by atoms with van der Waals surface area (Å²) >= 11 is 7.23. The molecule has 0 radical (unpaired) electrons. The molecular weight excluding hydrogens is 816 g/mol. The minimum Gasteiger partial charge on any atom is -0.509 e. The number of benzene rings is 2. The molecule has 2 fully saturated rings. The molecule has 292 valence electrons. The van der Waals surface area contributed by atoms with E-state index >= 15 is 0 Å². The lowest BCUT2D eigenvalue weighted by Crippen LogP contribution is -2.47. The molecule has 6 rings (SSSR count). The Bertz CT molecular complexity index is 1850. The minimum atomic E-state index is -0.578. The van der Waals surface area contributed by atoms with Crippen LogP contribution in [0.4, 0.5) is 4.79 Å². The summed E-state index contributed by atoms with van der Waals surface area (Å²) in [5.41, 5.74) is 5.97. The first-order valence-electron chi connectivity index (χ1n) is 19.2. The van der Waals surface area contributed by atoms with Gasteiger partial charge in [-0.25, -0.2) is 14.6 Å². The third-order valence-electron chi connectivity index (χ3n) is 10.6. The van der Waals surface area contributed by atoms with Crippen LogP contribution in [-0.2, 0) is 32.0 Å². The van der Waals surface area contributed by atoms with Crippen LogP contribution in [0.15, 0.2) is 49.7 Å². The summed E-state index contributed by atoms with van der Waals surface area (Å²) < 4.78 is 7.53. The lowest BCUT2D eigenvalue weighted by Gasteiger charge is -2.34. The smallest absolute Gasteiger partial charge is 0.412 e. The zero-order valence-corrected chi connectivity index (χ0v) is 35.6. The second-order valence-corrected chi connectivity index (χ2v) is 16.1. The second-order valence-electron chi connectivity index (χ2n) is 14.4. The largest absolute Gasteiger partial charge is 0.509 e. The molecular formula is C42H54Br2N4O6. The maximum atomic E-state index is 13.1. The van der Waals surface area contributed by atoms with Gasteiger partial charge in [-0.15, -0.1) is 0 Å². The Labute approximate surface area is 336 Å². The summed E-state index contributed by atoms with van der Waals surface area (Å²) in [6.45, 7) is 12.9. The van der Waals surface area contributed by atoms with Gasteiger partial charge in [0.15, 0.2) is 0 Å². The van der Waals surface area contributed by atoms with E-state index in [0.717, 1.165) is 113 Å². The van der Waals surface area contributed by atoms with Crippen molar-refractivity contribution in [3.05, 3.63) is 78.1 Å². The number of halogens is 2. The Kier molecular flexibility index (Phi) is 15.3. The zero-order chi connectivity index (χ0) is 39.6. The molecule has 12 heteroatoms. The number of aliphatic hydroxyl groups is 1. The molecule has 10 nitrogen and oxygen atoms in total. The molecule has 3 amide bonds. The number of ether oxygens (including phenoxy) is 1. The van der Waals surface area contributed by atoms with Gasteiger partial charge in [-0.1, -0.05) is 96.4 Å². The van der Waals surface area contributed by atoms with Crippen LogP contribution in [0.1, 0.15) is 125 Å². The van der Waals surface area contributed by atoms with E-state index in [1.165, 1.54) is 12.5 Å². The number of nitrogens with zero attached hydrogens (tertiary/aromatic N) is 1. The molecule has 0 saturated heterocycles. The molecule has 4 aliphatic rings. The predicted octanol–water partition coefficient (Wildman–Crippen LogP) is 9.37. The average Bonchev–Trinajstić information content (AvgIpc) is 3.51. The minimum absolute atomic E-state index is 0.140. The fourth-order valence-corrected chi connectivity index (χ4v) is 9.71. The highest BCUT2D eigenvalue weighted by Gasteiger charge is 2.49. The number of carbonyl (C=O) groups is 3. The van der Waals surface area contributed by atoms with Gasteiger partial charge in [-0.2, -0.15) is 0 Å². The number of aliphatic hydroxyl groups excluding tert-OH is 1. The van der Waals surface area contributed by atoms with Crippen molar-refractivity contribution < 1.29 is 29.0 Å². The number of hydrogen-bond acceptors (Lipinski definition) is 7. The topological polar surface area (TPSA) is 146 Å². The predicted molar refractivity (Wildman–Crippen MR) is 220 cm³/mol. The molecule has 0 atom stereocenters. The lowest BCUT2D eigenvalue weighted by molar-refractivity contribution is -0.117. The summed E-state index contributed by atoms with van der Waals surface area (Å²) in [5, 5.41) is 19.8. The highest BCUT2D eigenvalue weighted by Crippen LogP contribution is 2.46. The number of aryl methyl sites for hydroxylation is 4. The van der Waals surface area contributed by atoms with Gasteiger partial charge in [-0.05, 0) is 101 Å². The third-order valence-corrected chi connectivity index (χ3v) is 11.8. The first-order chi connectivity index (χ1) is 25.8. The standard InChI is InChI=1S/C21H27BrN2O3.C18H22BrNO2.C3H5NO/c1-4-14-11-13(3)12-15(22)16(14)17-18(27-20(26)23-5-2)21(24-19(17)25)9-7-6-8-10-21;1-3-12-9-11(2)10-13(19)14(12)15-16(21)18(20-17(15)22)7-5-4-6-8-18;1-2-4-3-5/h11-12H,4-10H2,1-3H3,(H,23,26)(H,24,25);9-10,21H,3-8H2,1-2H3,(H,20,22);2H2,1H3. The van der Waals surface area contributed by atoms with Crippen LogP contribution in [0, 0.1) is 13.8 Å². The van der Waals surface area contributed by atoms with Crippen molar-refractivity contribution in [2.45, 2.75) is 130 Å². The van der Waals surface area contributed by atoms with Crippen LogP contribution in [-0.4, -0.2) is 53.3 Å². The molecule has 0 bridgehead atoms. The van der Waals surface area contributed by atoms with Crippen molar-refractivity contribution in [3.8, 4) is 0 Å².